The third kappa shape index (κ3) is 4.84. The lowest BCUT2D eigenvalue weighted by Crippen LogP contribution is -2.18. The van der Waals surface area contributed by atoms with Crippen LogP contribution in [0.2, 0.25) is 0 Å². The summed E-state index contributed by atoms with van der Waals surface area (Å²) in [5.74, 6) is -1.51. The molecule has 0 fully saturated rings. The second-order valence-corrected chi connectivity index (χ2v) is 6.54. The van der Waals surface area contributed by atoms with Gasteiger partial charge in [-0.15, -0.1) is 10.2 Å². The topological polar surface area (TPSA) is 85.1 Å². The van der Waals surface area contributed by atoms with Crippen molar-refractivity contribution in [2.75, 3.05) is 0 Å². The zero-order chi connectivity index (χ0) is 21.6. The number of rotatable bonds is 6. The van der Waals surface area contributed by atoms with E-state index in [1.807, 2.05) is 30.3 Å². The largest absolute Gasteiger partial charge is 0.271 e. The first-order valence-corrected chi connectivity index (χ1v) is 9.30. The lowest BCUT2D eigenvalue weighted by molar-refractivity contribution is 0.0955. The molecule has 0 spiro atoms. The number of nitrogens with one attached hydrogen (secondary N) is 1. The number of benzene rings is 3. The lowest BCUT2D eigenvalue weighted by Gasteiger charge is -2.03. The highest BCUT2D eigenvalue weighted by atomic mass is 19.1. The van der Waals surface area contributed by atoms with Gasteiger partial charge < -0.3 is 0 Å². The van der Waals surface area contributed by atoms with Crippen molar-refractivity contribution in [2.45, 2.75) is 6.54 Å². The molecule has 1 aromatic heterocycles. The lowest BCUT2D eigenvalue weighted by atomic mass is 10.1. The first kappa shape index (κ1) is 20.0. The Balaban J connectivity index is 1.37. The monoisotopic (exact) mass is 418 g/mol. The van der Waals surface area contributed by atoms with Crippen LogP contribution in [0.3, 0.4) is 0 Å². The number of hydrogen-bond donors (Lipinski definition) is 1. The molecule has 1 amide bonds. The predicted molar refractivity (Wildman–Crippen MR) is 110 cm³/mol. The molecule has 4 aromatic rings. The Morgan fingerprint density at radius 2 is 1.68 bits per heavy atom. The molecule has 0 aliphatic rings. The van der Waals surface area contributed by atoms with E-state index in [1.165, 1.54) is 10.9 Å². The van der Waals surface area contributed by atoms with Crippen molar-refractivity contribution >= 4 is 12.1 Å². The van der Waals surface area contributed by atoms with Crippen LogP contribution >= 0.6 is 0 Å². The fraction of sp³-hybridized carbons (Fsp3) is 0.0455. The van der Waals surface area contributed by atoms with E-state index in [0.29, 0.717) is 17.9 Å². The van der Waals surface area contributed by atoms with Crippen LogP contribution < -0.4 is 5.43 Å². The maximum atomic E-state index is 13.6. The zero-order valence-electron chi connectivity index (χ0n) is 16.1. The highest BCUT2D eigenvalue weighted by Crippen LogP contribution is 2.13. The molecule has 3 aromatic carbocycles. The van der Waals surface area contributed by atoms with Crippen LogP contribution in [0, 0.1) is 11.6 Å². The summed E-state index contributed by atoms with van der Waals surface area (Å²) in [6.07, 6.45) is 0.928. The van der Waals surface area contributed by atoms with Crippen LogP contribution in [0.4, 0.5) is 8.78 Å². The summed E-state index contributed by atoms with van der Waals surface area (Å²) in [7, 11) is 0. The van der Waals surface area contributed by atoms with E-state index >= 15 is 0 Å². The first-order valence-electron chi connectivity index (χ1n) is 9.30. The van der Waals surface area contributed by atoms with Crippen LogP contribution in [0.5, 0.6) is 0 Å². The molecule has 9 heteroatoms. The van der Waals surface area contributed by atoms with Gasteiger partial charge in [0.05, 0.1) is 18.3 Å². The van der Waals surface area contributed by atoms with Crippen LogP contribution in [-0.4, -0.2) is 32.3 Å². The van der Waals surface area contributed by atoms with Crippen molar-refractivity contribution in [2.24, 2.45) is 5.10 Å². The number of aromatic nitrogens is 4. The summed E-state index contributed by atoms with van der Waals surface area (Å²) in [6, 6.07) is 19.7. The number of tetrazole rings is 1. The SMILES string of the molecule is O=C(NN=Cc1c(F)cccc1F)c1ccc(Cn2nnc(-c3ccccc3)n2)cc1. The third-order valence-electron chi connectivity index (χ3n) is 4.38. The Morgan fingerprint density at radius 1 is 0.968 bits per heavy atom. The maximum Gasteiger partial charge on any atom is 0.271 e. The zero-order valence-corrected chi connectivity index (χ0v) is 16.1. The van der Waals surface area contributed by atoms with Crippen LogP contribution in [-0.2, 0) is 6.54 Å². The van der Waals surface area contributed by atoms with Crippen molar-refractivity contribution in [3.8, 4) is 11.4 Å². The first-order chi connectivity index (χ1) is 15.1. The normalized spacial score (nSPS) is 11.0. The Hall–Kier alpha value is -4.27. The summed E-state index contributed by atoms with van der Waals surface area (Å²) in [5.41, 5.74) is 4.00. The minimum absolute atomic E-state index is 0.326. The van der Waals surface area contributed by atoms with Gasteiger partial charge in [0.25, 0.3) is 5.91 Å². The average molecular weight is 418 g/mol. The van der Waals surface area contributed by atoms with E-state index in [2.05, 4.69) is 25.9 Å². The molecule has 1 N–H and O–H groups in total. The third-order valence-corrected chi connectivity index (χ3v) is 4.38. The standard InChI is InChI=1S/C22H16F2N6O/c23-19-7-4-8-20(24)18(19)13-25-27-22(31)17-11-9-15(10-12-17)14-30-28-21(26-29-30)16-5-2-1-3-6-16/h1-13H,14H2,(H,27,31). The second kappa shape index (κ2) is 9.04. The number of hydrogen-bond acceptors (Lipinski definition) is 5. The Morgan fingerprint density at radius 3 is 2.39 bits per heavy atom. The quantitative estimate of drug-likeness (QED) is 0.384. The number of nitrogens with zero attached hydrogens (tertiary/aromatic N) is 5. The summed E-state index contributed by atoms with van der Waals surface area (Å²) in [6.45, 7) is 0.381. The molecule has 0 aliphatic carbocycles. The van der Waals surface area contributed by atoms with Crippen LogP contribution in [0.25, 0.3) is 11.4 Å². The number of carbonyl (C=O) groups excluding carboxylic acids is 1. The van der Waals surface area contributed by atoms with Crippen molar-refractivity contribution in [3.05, 3.63) is 101 Å². The minimum atomic E-state index is -0.764. The molecule has 0 saturated heterocycles. The number of halogens is 2. The molecule has 0 unspecified atom stereocenters. The molecular formula is C22H16F2N6O. The molecule has 1 heterocycles. The van der Waals surface area contributed by atoms with Gasteiger partial charge in [-0.2, -0.15) is 9.90 Å². The molecule has 0 atom stereocenters. The van der Waals surface area contributed by atoms with Crippen molar-refractivity contribution in [3.63, 3.8) is 0 Å². The van der Waals surface area contributed by atoms with Gasteiger partial charge in [-0.25, -0.2) is 14.2 Å². The van der Waals surface area contributed by atoms with Gasteiger partial charge in [0.1, 0.15) is 11.6 Å². The van der Waals surface area contributed by atoms with Gasteiger partial charge in [0.2, 0.25) is 5.82 Å². The molecule has 0 saturated carbocycles. The summed E-state index contributed by atoms with van der Waals surface area (Å²) in [5, 5.41) is 16.1. The molecular weight excluding hydrogens is 402 g/mol. The number of carbonyl (C=O) groups is 1. The van der Waals surface area contributed by atoms with E-state index in [-0.39, 0.29) is 5.56 Å². The molecule has 31 heavy (non-hydrogen) atoms. The van der Waals surface area contributed by atoms with Crippen molar-refractivity contribution in [1.82, 2.24) is 25.6 Å². The van der Waals surface area contributed by atoms with Gasteiger partial charge >= 0.3 is 0 Å². The van der Waals surface area contributed by atoms with Gasteiger partial charge in [-0.3, -0.25) is 4.79 Å². The molecule has 4 rings (SSSR count). The fourth-order valence-corrected chi connectivity index (χ4v) is 2.79. The molecule has 0 radical (unpaired) electrons. The Kier molecular flexibility index (Phi) is 5.84. The van der Waals surface area contributed by atoms with Crippen molar-refractivity contribution in [1.29, 1.82) is 0 Å². The summed E-state index contributed by atoms with van der Waals surface area (Å²) < 4.78 is 27.1. The van der Waals surface area contributed by atoms with Gasteiger partial charge in [-0.1, -0.05) is 48.5 Å². The van der Waals surface area contributed by atoms with Crippen LogP contribution in [0.15, 0.2) is 77.9 Å². The molecule has 0 bridgehead atoms. The maximum absolute atomic E-state index is 13.6. The Bertz CT molecular complexity index is 1200. The average Bonchev–Trinajstić information content (AvgIpc) is 3.25. The highest BCUT2D eigenvalue weighted by molar-refractivity contribution is 5.94. The van der Waals surface area contributed by atoms with E-state index < -0.39 is 17.5 Å². The van der Waals surface area contributed by atoms with E-state index in [9.17, 15) is 13.6 Å². The van der Waals surface area contributed by atoms with E-state index in [1.54, 1.807) is 24.3 Å². The van der Waals surface area contributed by atoms with Gasteiger partial charge in [0, 0.05) is 11.1 Å². The molecule has 0 aliphatic heterocycles. The summed E-state index contributed by atoms with van der Waals surface area (Å²) >= 11 is 0. The van der Waals surface area contributed by atoms with Gasteiger partial charge in [0.15, 0.2) is 0 Å². The number of hydrazone groups is 1. The smallest absolute Gasteiger partial charge is 0.267 e. The van der Waals surface area contributed by atoms with E-state index in [0.717, 1.165) is 29.5 Å². The fourth-order valence-electron chi connectivity index (χ4n) is 2.79. The second-order valence-electron chi connectivity index (χ2n) is 6.54. The highest BCUT2D eigenvalue weighted by Gasteiger charge is 2.09. The van der Waals surface area contributed by atoms with E-state index in [4.69, 9.17) is 0 Å². The summed E-state index contributed by atoms with van der Waals surface area (Å²) in [4.78, 5) is 13.6. The molecule has 7 nitrogen and oxygen atoms in total. The van der Waals surface area contributed by atoms with Gasteiger partial charge in [-0.05, 0) is 35.0 Å². The van der Waals surface area contributed by atoms with Crippen LogP contribution in [0.1, 0.15) is 21.5 Å². The Labute approximate surface area is 176 Å². The minimum Gasteiger partial charge on any atom is -0.267 e. The van der Waals surface area contributed by atoms with Crippen molar-refractivity contribution < 1.29 is 13.6 Å². The number of amides is 1. The molecule has 154 valence electrons. The predicted octanol–water partition coefficient (Wildman–Crippen LogP) is 3.43.